The zero-order chi connectivity index (χ0) is 33.0. The van der Waals surface area contributed by atoms with Crippen LogP contribution in [0.1, 0.15) is 43.5 Å². The van der Waals surface area contributed by atoms with Crippen molar-refractivity contribution in [3.05, 3.63) is 112 Å². The molecule has 1 aliphatic heterocycles. The Hall–Kier alpha value is -4.10. The minimum Gasteiger partial charge on any atom is -0.497 e. The van der Waals surface area contributed by atoms with Crippen LogP contribution in [-0.2, 0) is 11.4 Å². The van der Waals surface area contributed by atoms with E-state index in [2.05, 4.69) is 22.6 Å². The van der Waals surface area contributed by atoms with Gasteiger partial charge in [-0.05, 0) is 90.9 Å². The van der Waals surface area contributed by atoms with Crippen LogP contribution >= 0.6 is 33.9 Å². The lowest BCUT2D eigenvalue weighted by atomic mass is 9.93. The van der Waals surface area contributed by atoms with Crippen molar-refractivity contribution in [2.24, 2.45) is 4.99 Å². The number of methoxy groups -OCH3 is 3. The van der Waals surface area contributed by atoms with Gasteiger partial charge in [-0.1, -0.05) is 41.7 Å². The summed E-state index contributed by atoms with van der Waals surface area (Å²) in [4.78, 5) is 35.3. The van der Waals surface area contributed by atoms with Crippen molar-refractivity contribution in [1.82, 2.24) is 9.47 Å². The Labute approximate surface area is 285 Å². The van der Waals surface area contributed by atoms with Gasteiger partial charge >= 0.3 is 0 Å². The number of hydrogen-bond acceptors (Lipinski definition) is 8. The number of allylic oxidation sites excluding steroid dienone is 1. The first-order valence-electron chi connectivity index (χ1n) is 14.8. The van der Waals surface area contributed by atoms with Crippen LogP contribution in [0.25, 0.3) is 6.08 Å². The lowest BCUT2D eigenvalue weighted by Crippen LogP contribution is -2.43. The van der Waals surface area contributed by atoms with Gasteiger partial charge in [0.1, 0.15) is 24.1 Å². The Morgan fingerprint density at radius 3 is 2.37 bits per heavy atom. The SMILES string of the molecule is CCN(CC)C(=O)C1=C(C)N=c2s/c(=C/c3cc(I)c(OCc4ccccc4)c(OC)c3)c(=O)n2[C@@H]1c1cc(OC)ccc1OC. The third kappa shape index (κ3) is 6.57. The van der Waals surface area contributed by atoms with E-state index in [4.69, 9.17) is 23.9 Å². The fraction of sp³-hybridized carbons (Fsp3) is 0.286. The van der Waals surface area contributed by atoms with Crippen molar-refractivity contribution in [2.45, 2.75) is 33.4 Å². The molecule has 0 fully saturated rings. The van der Waals surface area contributed by atoms with Gasteiger partial charge in [0, 0.05) is 18.7 Å². The Morgan fingerprint density at radius 2 is 1.72 bits per heavy atom. The predicted octanol–water partition coefficient (Wildman–Crippen LogP) is 5.31. The van der Waals surface area contributed by atoms with E-state index in [1.807, 2.05) is 75.4 Å². The second-order valence-corrected chi connectivity index (χ2v) is 12.6. The van der Waals surface area contributed by atoms with Gasteiger partial charge in [-0.3, -0.25) is 14.2 Å². The standard InChI is InChI=1S/C35H36IN3O6S/c1-7-38(8-2)34(41)30-21(3)37-35-39(31(30)25-19-24(42-4)14-15-27(25)43-5)33(40)29(46-35)18-23-16-26(36)32(28(17-23)44-6)45-20-22-12-10-9-11-13-22/h9-19,31H,7-8,20H2,1-6H3/b29-18+/t31-/m1/s1. The minimum absolute atomic E-state index is 0.180. The number of nitrogens with zero attached hydrogens (tertiary/aromatic N) is 3. The number of hydrogen-bond donors (Lipinski definition) is 0. The maximum atomic E-state index is 14.3. The van der Waals surface area contributed by atoms with Crippen LogP contribution in [0.4, 0.5) is 0 Å². The largest absolute Gasteiger partial charge is 0.497 e. The van der Waals surface area contributed by atoms with Crippen LogP contribution in [0, 0.1) is 3.57 Å². The van der Waals surface area contributed by atoms with Gasteiger partial charge in [-0.2, -0.15) is 0 Å². The first-order chi connectivity index (χ1) is 22.2. The summed E-state index contributed by atoms with van der Waals surface area (Å²) in [7, 11) is 4.74. The molecule has 5 rings (SSSR count). The summed E-state index contributed by atoms with van der Waals surface area (Å²) in [6.45, 7) is 7.11. The van der Waals surface area contributed by atoms with Gasteiger partial charge in [-0.25, -0.2) is 4.99 Å². The maximum absolute atomic E-state index is 14.3. The molecular weight excluding hydrogens is 717 g/mol. The fourth-order valence-electron chi connectivity index (χ4n) is 5.47. The second kappa shape index (κ2) is 14.5. The highest BCUT2D eigenvalue weighted by Crippen LogP contribution is 2.38. The van der Waals surface area contributed by atoms with E-state index in [1.165, 1.54) is 11.3 Å². The summed E-state index contributed by atoms with van der Waals surface area (Å²) in [6, 6.07) is 18.3. The number of thiazole rings is 1. The quantitative estimate of drug-likeness (QED) is 0.193. The monoisotopic (exact) mass is 753 g/mol. The Bertz CT molecular complexity index is 1960. The average Bonchev–Trinajstić information content (AvgIpc) is 3.37. The van der Waals surface area contributed by atoms with E-state index in [0.29, 0.717) is 68.9 Å². The molecule has 4 aromatic rings. The molecule has 0 saturated heterocycles. The lowest BCUT2D eigenvalue weighted by molar-refractivity contribution is -0.127. The van der Waals surface area contributed by atoms with E-state index >= 15 is 0 Å². The van der Waals surface area contributed by atoms with Crippen LogP contribution in [0.5, 0.6) is 23.0 Å². The van der Waals surface area contributed by atoms with Gasteiger partial charge in [0.25, 0.3) is 11.5 Å². The number of benzene rings is 3. The maximum Gasteiger partial charge on any atom is 0.271 e. The number of fused-ring (bicyclic) bond motifs is 1. The number of ether oxygens (including phenoxy) is 4. The number of aromatic nitrogens is 1. The normalized spacial score (nSPS) is 14.4. The molecule has 1 atom stereocenters. The molecule has 1 aliphatic rings. The molecule has 0 bridgehead atoms. The lowest BCUT2D eigenvalue weighted by Gasteiger charge is -2.30. The molecule has 0 saturated carbocycles. The summed E-state index contributed by atoms with van der Waals surface area (Å²) < 4.78 is 26.0. The third-order valence-electron chi connectivity index (χ3n) is 7.81. The number of rotatable bonds is 11. The van der Waals surface area contributed by atoms with E-state index in [9.17, 15) is 9.59 Å². The minimum atomic E-state index is -0.778. The molecule has 2 heterocycles. The van der Waals surface area contributed by atoms with Crippen molar-refractivity contribution >= 4 is 45.9 Å². The van der Waals surface area contributed by atoms with Crippen molar-refractivity contribution in [3.8, 4) is 23.0 Å². The van der Waals surface area contributed by atoms with Crippen molar-refractivity contribution in [1.29, 1.82) is 0 Å². The first-order valence-corrected chi connectivity index (χ1v) is 16.7. The molecule has 0 unspecified atom stereocenters. The van der Waals surface area contributed by atoms with E-state index < -0.39 is 6.04 Å². The molecule has 0 N–H and O–H groups in total. The highest BCUT2D eigenvalue weighted by molar-refractivity contribution is 14.1. The Balaban J connectivity index is 1.65. The molecule has 46 heavy (non-hydrogen) atoms. The molecule has 240 valence electrons. The van der Waals surface area contributed by atoms with Crippen LogP contribution in [0.15, 0.2) is 81.7 Å². The predicted molar refractivity (Wildman–Crippen MR) is 188 cm³/mol. The fourth-order valence-corrected chi connectivity index (χ4v) is 7.30. The number of halogens is 1. The van der Waals surface area contributed by atoms with Crippen molar-refractivity contribution in [2.75, 3.05) is 34.4 Å². The number of carbonyl (C=O) groups is 1. The summed E-state index contributed by atoms with van der Waals surface area (Å²) >= 11 is 3.49. The molecule has 0 aliphatic carbocycles. The van der Waals surface area contributed by atoms with E-state index in [-0.39, 0.29) is 11.5 Å². The van der Waals surface area contributed by atoms with Gasteiger partial charge in [0.15, 0.2) is 16.3 Å². The highest BCUT2D eigenvalue weighted by atomic mass is 127. The Kier molecular flexibility index (Phi) is 10.5. The molecule has 1 aromatic heterocycles. The zero-order valence-electron chi connectivity index (χ0n) is 26.6. The summed E-state index contributed by atoms with van der Waals surface area (Å²) in [5.41, 5.74) is 3.15. The van der Waals surface area contributed by atoms with Gasteiger partial charge in [0.05, 0.1) is 40.7 Å². The van der Waals surface area contributed by atoms with Crippen LogP contribution in [-0.4, -0.2) is 49.8 Å². The summed E-state index contributed by atoms with van der Waals surface area (Å²) in [5.74, 6) is 2.12. The van der Waals surface area contributed by atoms with Gasteiger partial charge < -0.3 is 23.8 Å². The van der Waals surface area contributed by atoms with Crippen molar-refractivity contribution in [3.63, 3.8) is 0 Å². The number of carbonyl (C=O) groups excluding carboxylic acids is 1. The zero-order valence-corrected chi connectivity index (χ0v) is 29.6. The number of likely N-dealkylation sites (N-methyl/N-ethyl adjacent to an activating group) is 1. The Morgan fingerprint density at radius 1 is 1.00 bits per heavy atom. The van der Waals surface area contributed by atoms with Gasteiger partial charge in [0.2, 0.25) is 0 Å². The third-order valence-corrected chi connectivity index (χ3v) is 9.59. The molecule has 3 aromatic carbocycles. The van der Waals surface area contributed by atoms with Crippen LogP contribution < -0.4 is 33.8 Å². The molecular formula is C35H36IN3O6S. The van der Waals surface area contributed by atoms with Gasteiger partial charge in [-0.15, -0.1) is 0 Å². The summed E-state index contributed by atoms with van der Waals surface area (Å²) in [5, 5.41) is 0. The smallest absolute Gasteiger partial charge is 0.271 e. The van der Waals surface area contributed by atoms with E-state index in [0.717, 1.165) is 14.7 Å². The first kappa shape index (κ1) is 33.3. The summed E-state index contributed by atoms with van der Waals surface area (Å²) in [6.07, 6.45) is 1.82. The molecule has 11 heteroatoms. The molecule has 9 nitrogen and oxygen atoms in total. The molecule has 1 amide bonds. The molecule has 0 radical (unpaired) electrons. The van der Waals surface area contributed by atoms with Crippen LogP contribution in [0.2, 0.25) is 0 Å². The second-order valence-electron chi connectivity index (χ2n) is 10.5. The van der Waals surface area contributed by atoms with Crippen molar-refractivity contribution < 1.29 is 23.7 Å². The average molecular weight is 754 g/mol. The molecule has 0 spiro atoms. The van der Waals surface area contributed by atoms with E-state index in [1.54, 1.807) is 42.9 Å². The van der Waals surface area contributed by atoms with Crippen LogP contribution in [0.3, 0.4) is 0 Å². The highest BCUT2D eigenvalue weighted by Gasteiger charge is 2.36. The topological polar surface area (TPSA) is 91.6 Å². The number of amides is 1.